The van der Waals surface area contributed by atoms with Gasteiger partial charge in [0.15, 0.2) is 0 Å². The Labute approximate surface area is 172 Å². The van der Waals surface area contributed by atoms with Crippen LogP contribution >= 0.6 is 0 Å². The molecule has 2 aromatic heterocycles. The van der Waals surface area contributed by atoms with Gasteiger partial charge in [-0.1, -0.05) is 42.0 Å². The monoisotopic (exact) mass is 385 g/mol. The van der Waals surface area contributed by atoms with Crippen molar-refractivity contribution >= 4 is 5.91 Å². The third-order valence-electron chi connectivity index (χ3n) is 5.55. The molecular weight excluding hydrogens is 358 g/mol. The Kier molecular flexibility index (Phi) is 5.99. The maximum atomic E-state index is 12.7. The van der Waals surface area contributed by atoms with Crippen LogP contribution in [0.4, 0.5) is 0 Å². The molecule has 0 radical (unpaired) electrons. The van der Waals surface area contributed by atoms with E-state index < -0.39 is 0 Å². The number of amides is 1. The summed E-state index contributed by atoms with van der Waals surface area (Å²) in [4.78, 5) is 24.0. The molecule has 1 atom stereocenters. The number of piperidine rings is 1. The Morgan fingerprint density at radius 1 is 1.07 bits per heavy atom. The average molecular weight is 386 g/mol. The highest BCUT2D eigenvalue weighted by Gasteiger charge is 2.25. The van der Waals surface area contributed by atoms with Crippen molar-refractivity contribution in [1.29, 1.82) is 0 Å². The smallest absolute Gasteiger partial charge is 0.228 e. The molecule has 1 amide bonds. The van der Waals surface area contributed by atoms with Crippen LogP contribution in [0.5, 0.6) is 0 Å². The molecule has 0 spiro atoms. The summed E-state index contributed by atoms with van der Waals surface area (Å²) in [6.45, 7) is 3.68. The van der Waals surface area contributed by atoms with Gasteiger partial charge in [-0.3, -0.25) is 14.8 Å². The standard InChI is InChI=1S/C25H27N3O/c1-19-7-4-8-20(15-19)16-23-11-5-12-24(27-23)21-9-6-14-28(18-21)25(29)17-22-10-2-3-13-26-22/h2-5,7-8,10-13,15,21H,6,9,14,16-18H2,1H3/t21-/m0/s1. The van der Waals surface area contributed by atoms with Gasteiger partial charge in [0.05, 0.1) is 6.42 Å². The van der Waals surface area contributed by atoms with Crippen molar-refractivity contribution in [2.45, 2.75) is 38.5 Å². The lowest BCUT2D eigenvalue weighted by Gasteiger charge is -2.32. The quantitative estimate of drug-likeness (QED) is 0.657. The Hall–Kier alpha value is -3.01. The zero-order valence-corrected chi connectivity index (χ0v) is 16.9. The van der Waals surface area contributed by atoms with Crippen LogP contribution in [-0.4, -0.2) is 33.9 Å². The van der Waals surface area contributed by atoms with Gasteiger partial charge in [-0.15, -0.1) is 0 Å². The van der Waals surface area contributed by atoms with Gasteiger partial charge in [0.1, 0.15) is 0 Å². The van der Waals surface area contributed by atoms with E-state index in [-0.39, 0.29) is 5.91 Å². The Balaban J connectivity index is 1.43. The second-order valence-electron chi connectivity index (χ2n) is 7.90. The predicted molar refractivity (Wildman–Crippen MR) is 115 cm³/mol. The average Bonchev–Trinajstić information content (AvgIpc) is 2.75. The maximum Gasteiger partial charge on any atom is 0.228 e. The fourth-order valence-electron chi connectivity index (χ4n) is 4.07. The van der Waals surface area contributed by atoms with Crippen LogP contribution in [0.1, 0.15) is 47.0 Å². The zero-order valence-electron chi connectivity index (χ0n) is 16.9. The number of hydrogen-bond acceptors (Lipinski definition) is 3. The summed E-state index contributed by atoms with van der Waals surface area (Å²) >= 11 is 0. The van der Waals surface area contributed by atoms with Crippen molar-refractivity contribution in [1.82, 2.24) is 14.9 Å². The van der Waals surface area contributed by atoms with Crippen molar-refractivity contribution in [3.8, 4) is 0 Å². The minimum atomic E-state index is 0.157. The summed E-state index contributed by atoms with van der Waals surface area (Å²) in [7, 11) is 0. The Bertz CT molecular complexity index is 971. The van der Waals surface area contributed by atoms with Crippen LogP contribution in [0.2, 0.25) is 0 Å². The molecule has 0 N–H and O–H groups in total. The van der Waals surface area contributed by atoms with Crippen molar-refractivity contribution in [3.63, 3.8) is 0 Å². The first-order chi connectivity index (χ1) is 14.2. The molecular formula is C25H27N3O. The minimum Gasteiger partial charge on any atom is -0.342 e. The third kappa shape index (κ3) is 5.08. The zero-order chi connectivity index (χ0) is 20.1. The van der Waals surface area contributed by atoms with E-state index in [0.29, 0.717) is 12.3 Å². The fourth-order valence-corrected chi connectivity index (χ4v) is 4.07. The Morgan fingerprint density at radius 2 is 1.93 bits per heavy atom. The van der Waals surface area contributed by atoms with Crippen LogP contribution < -0.4 is 0 Å². The van der Waals surface area contributed by atoms with E-state index in [1.54, 1.807) is 6.20 Å². The molecule has 0 unspecified atom stereocenters. The number of rotatable bonds is 5. The summed E-state index contributed by atoms with van der Waals surface area (Å²) < 4.78 is 0. The summed E-state index contributed by atoms with van der Waals surface area (Å²) in [5.41, 5.74) is 5.58. The number of carbonyl (C=O) groups excluding carboxylic acids is 1. The first-order valence-corrected chi connectivity index (χ1v) is 10.4. The second kappa shape index (κ2) is 8.99. The maximum absolute atomic E-state index is 12.7. The summed E-state index contributed by atoms with van der Waals surface area (Å²) in [5.74, 6) is 0.457. The molecule has 0 bridgehead atoms. The number of benzene rings is 1. The molecule has 148 valence electrons. The lowest BCUT2D eigenvalue weighted by Crippen LogP contribution is -2.40. The largest absolute Gasteiger partial charge is 0.342 e. The van der Waals surface area contributed by atoms with E-state index >= 15 is 0 Å². The van der Waals surface area contributed by atoms with Crippen molar-refractivity contribution < 1.29 is 4.79 Å². The van der Waals surface area contributed by atoms with Crippen molar-refractivity contribution in [3.05, 3.63) is 95.1 Å². The van der Waals surface area contributed by atoms with E-state index in [4.69, 9.17) is 4.98 Å². The molecule has 0 aliphatic carbocycles. The van der Waals surface area contributed by atoms with Crippen molar-refractivity contribution in [2.24, 2.45) is 0 Å². The first-order valence-electron chi connectivity index (χ1n) is 10.4. The second-order valence-corrected chi connectivity index (χ2v) is 7.90. The minimum absolute atomic E-state index is 0.157. The van der Waals surface area contributed by atoms with Gasteiger partial charge < -0.3 is 4.90 Å². The van der Waals surface area contributed by atoms with E-state index in [0.717, 1.165) is 49.4 Å². The van der Waals surface area contributed by atoms with Gasteiger partial charge in [0.25, 0.3) is 0 Å². The molecule has 4 rings (SSSR count). The van der Waals surface area contributed by atoms with E-state index in [2.05, 4.69) is 54.4 Å². The number of carbonyl (C=O) groups is 1. The molecule has 1 aliphatic rings. The highest BCUT2D eigenvalue weighted by molar-refractivity contribution is 5.78. The number of likely N-dealkylation sites (tertiary alicyclic amines) is 1. The number of nitrogens with zero attached hydrogens (tertiary/aromatic N) is 3. The van der Waals surface area contributed by atoms with E-state index in [1.807, 2.05) is 23.1 Å². The SMILES string of the molecule is Cc1cccc(Cc2cccc([C@H]3CCCN(C(=O)Cc4ccccn4)C3)n2)c1. The van der Waals surface area contributed by atoms with Crippen LogP contribution in [0, 0.1) is 6.92 Å². The molecule has 0 saturated carbocycles. The van der Waals surface area contributed by atoms with Crippen LogP contribution in [0.3, 0.4) is 0 Å². The molecule has 4 nitrogen and oxygen atoms in total. The molecule has 4 heteroatoms. The summed E-state index contributed by atoms with van der Waals surface area (Å²) in [6.07, 6.45) is 5.04. The number of aromatic nitrogens is 2. The summed E-state index contributed by atoms with van der Waals surface area (Å²) in [6, 6.07) is 20.6. The normalized spacial score (nSPS) is 16.6. The van der Waals surface area contributed by atoms with Gasteiger partial charge in [-0.05, 0) is 49.6 Å². The van der Waals surface area contributed by atoms with E-state index in [9.17, 15) is 4.79 Å². The Morgan fingerprint density at radius 3 is 2.76 bits per heavy atom. The molecule has 3 heterocycles. The molecule has 1 aromatic carbocycles. The van der Waals surface area contributed by atoms with Crippen molar-refractivity contribution in [2.75, 3.05) is 13.1 Å². The third-order valence-corrected chi connectivity index (χ3v) is 5.55. The predicted octanol–water partition coefficient (Wildman–Crippen LogP) is 4.32. The van der Waals surface area contributed by atoms with E-state index in [1.165, 1.54) is 11.1 Å². The topological polar surface area (TPSA) is 46.1 Å². The van der Waals surface area contributed by atoms with Gasteiger partial charge in [0, 0.05) is 48.7 Å². The fraction of sp³-hybridized carbons (Fsp3) is 0.320. The van der Waals surface area contributed by atoms with Crippen LogP contribution in [0.15, 0.2) is 66.9 Å². The number of pyridine rings is 2. The summed E-state index contributed by atoms with van der Waals surface area (Å²) in [5, 5.41) is 0. The van der Waals surface area contributed by atoms with Gasteiger partial charge in [-0.2, -0.15) is 0 Å². The number of aryl methyl sites for hydroxylation is 1. The van der Waals surface area contributed by atoms with Gasteiger partial charge in [-0.25, -0.2) is 0 Å². The molecule has 1 fully saturated rings. The van der Waals surface area contributed by atoms with Gasteiger partial charge >= 0.3 is 0 Å². The van der Waals surface area contributed by atoms with Crippen LogP contribution in [-0.2, 0) is 17.6 Å². The van der Waals surface area contributed by atoms with Crippen LogP contribution in [0.25, 0.3) is 0 Å². The molecule has 29 heavy (non-hydrogen) atoms. The number of hydrogen-bond donors (Lipinski definition) is 0. The first kappa shape index (κ1) is 19.3. The highest BCUT2D eigenvalue weighted by Crippen LogP contribution is 2.26. The lowest BCUT2D eigenvalue weighted by molar-refractivity contribution is -0.131. The molecule has 1 aliphatic heterocycles. The molecule has 3 aromatic rings. The molecule has 1 saturated heterocycles. The van der Waals surface area contributed by atoms with Gasteiger partial charge in [0.2, 0.25) is 5.91 Å². The highest BCUT2D eigenvalue weighted by atomic mass is 16.2. The lowest BCUT2D eigenvalue weighted by atomic mass is 9.93.